The number of hydrogen-bond donors (Lipinski definition) is 0. The molecule has 0 atom stereocenters. The zero-order chi connectivity index (χ0) is 24.8. The van der Waals surface area contributed by atoms with Gasteiger partial charge in [0.25, 0.3) is 5.56 Å². The highest BCUT2D eigenvalue weighted by Gasteiger charge is 2.37. The molecule has 0 bridgehead atoms. The predicted molar refractivity (Wildman–Crippen MR) is 137 cm³/mol. The summed E-state index contributed by atoms with van der Waals surface area (Å²) in [6.07, 6.45) is 7.60. The molecule has 1 aromatic heterocycles. The van der Waals surface area contributed by atoms with E-state index >= 15 is 0 Å². The molecule has 3 saturated carbocycles. The van der Waals surface area contributed by atoms with Gasteiger partial charge in [0.05, 0.1) is 10.9 Å². The lowest BCUT2D eigenvalue weighted by molar-refractivity contribution is -0.143. The van der Waals surface area contributed by atoms with Crippen molar-refractivity contribution in [2.75, 3.05) is 26.2 Å². The van der Waals surface area contributed by atoms with Crippen molar-refractivity contribution in [2.24, 2.45) is 23.7 Å². The first-order valence-corrected chi connectivity index (χ1v) is 13.8. The van der Waals surface area contributed by atoms with Crippen molar-refractivity contribution in [3.63, 3.8) is 0 Å². The van der Waals surface area contributed by atoms with E-state index < -0.39 is 0 Å². The average Bonchev–Trinajstić information content (AvgIpc) is 3.84. The molecule has 0 radical (unpaired) electrons. The molecular formula is C28H36N4O4. The van der Waals surface area contributed by atoms with Crippen LogP contribution in [-0.2, 0) is 22.7 Å². The van der Waals surface area contributed by atoms with Crippen LogP contribution in [0.25, 0.3) is 10.9 Å². The van der Waals surface area contributed by atoms with Crippen molar-refractivity contribution < 1.29 is 9.59 Å². The van der Waals surface area contributed by atoms with E-state index in [1.165, 1.54) is 4.57 Å². The lowest BCUT2D eigenvalue weighted by atomic mass is 9.81. The SMILES string of the molecule is O=C(C1CC1)N1CCN(C(=O)[C@H]2CC[C@H](Cn3c(=O)c4ccccc4n(CC4CC4)c3=O)CC2)CC1. The van der Waals surface area contributed by atoms with Gasteiger partial charge in [-0.1, -0.05) is 12.1 Å². The van der Waals surface area contributed by atoms with Crippen molar-refractivity contribution in [1.82, 2.24) is 18.9 Å². The Labute approximate surface area is 210 Å². The summed E-state index contributed by atoms with van der Waals surface area (Å²) >= 11 is 0. The molecule has 2 heterocycles. The molecule has 36 heavy (non-hydrogen) atoms. The summed E-state index contributed by atoms with van der Waals surface area (Å²) in [6, 6.07) is 7.45. The topological polar surface area (TPSA) is 84.6 Å². The van der Waals surface area contributed by atoms with Gasteiger partial charge in [-0.15, -0.1) is 0 Å². The van der Waals surface area contributed by atoms with Crippen LogP contribution in [0.2, 0.25) is 0 Å². The quantitative estimate of drug-likeness (QED) is 0.620. The van der Waals surface area contributed by atoms with Gasteiger partial charge in [-0.2, -0.15) is 0 Å². The summed E-state index contributed by atoms with van der Waals surface area (Å²) in [4.78, 5) is 55.9. The second-order valence-electron chi connectivity index (χ2n) is 11.4. The maximum Gasteiger partial charge on any atom is 0.331 e. The highest BCUT2D eigenvalue weighted by molar-refractivity contribution is 5.82. The molecule has 8 nitrogen and oxygen atoms in total. The maximum absolute atomic E-state index is 13.4. The summed E-state index contributed by atoms with van der Waals surface area (Å²) in [5.41, 5.74) is 0.353. The van der Waals surface area contributed by atoms with Gasteiger partial charge >= 0.3 is 5.69 Å². The normalized spacial score (nSPS) is 24.8. The minimum atomic E-state index is -0.195. The van der Waals surface area contributed by atoms with Crippen LogP contribution in [0.4, 0.5) is 0 Å². The van der Waals surface area contributed by atoms with E-state index in [9.17, 15) is 19.2 Å². The molecule has 192 valence electrons. The van der Waals surface area contributed by atoms with E-state index in [2.05, 4.69) is 0 Å². The lowest BCUT2D eigenvalue weighted by Crippen LogP contribution is -2.52. The molecule has 6 rings (SSSR count). The van der Waals surface area contributed by atoms with Gasteiger partial charge in [0.15, 0.2) is 0 Å². The molecule has 0 unspecified atom stereocenters. The number of piperazine rings is 1. The van der Waals surface area contributed by atoms with Crippen LogP contribution < -0.4 is 11.2 Å². The monoisotopic (exact) mass is 492 g/mol. The number of amides is 2. The van der Waals surface area contributed by atoms with E-state index in [4.69, 9.17) is 0 Å². The van der Waals surface area contributed by atoms with Crippen LogP contribution >= 0.6 is 0 Å². The fraction of sp³-hybridized carbons (Fsp3) is 0.643. The smallest absolute Gasteiger partial charge is 0.331 e. The minimum Gasteiger partial charge on any atom is -0.339 e. The zero-order valence-corrected chi connectivity index (χ0v) is 20.9. The van der Waals surface area contributed by atoms with Crippen molar-refractivity contribution in [3.05, 3.63) is 45.1 Å². The van der Waals surface area contributed by atoms with Gasteiger partial charge < -0.3 is 9.80 Å². The molecule has 1 aliphatic heterocycles. The van der Waals surface area contributed by atoms with Crippen LogP contribution in [0.3, 0.4) is 0 Å². The summed E-state index contributed by atoms with van der Waals surface area (Å²) in [6.45, 7) is 3.66. The second-order valence-corrected chi connectivity index (χ2v) is 11.4. The first kappa shape index (κ1) is 23.5. The molecule has 1 aromatic carbocycles. The largest absolute Gasteiger partial charge is 0.339 e. The Morgan fingerprint density at radius 3 is 1.67 bits per heavy atom. The predicted octanol–water partition coefficient (Wildman–Crippen LogP) is 2.46. The Morgan fingerprint density at radius 1 is 0.667 bits per heavy atom. The molecule has 4 aliphatic rings. The summed E-state index contributed by atoms with van der Waals surface area (Å²) in [5.74, 6) is 1.47. The Kier molecular flexibility index (Phi) is 6.21. The number of para-hydroxylation sites is 1. The van der Waals surface area contributed by atoms with Gasteiger partial charge in [-0.3, -0.25) is 23.5 Å². The number of rotatable bonds is 6. The third-order valence-corrected chi connectivity index (χ3v) is 8.74. The highest BCUT2D eigenvalue weighted by atomic mass is 16.2. The zero-order valence-electron chi connectivity index (χ0n) is 20.9. The number of benzene rings is 1. The van der Waals surface area contributed by atoms with Crippen molar-refractivity contribution in [1.29, 1.82) is 0 Å². The van der Waals surface area contributed by atoms with Gasteiger partial charge in [0, 0.05) is 51.1 Å². The number of hydrogen-bond acceptors (Lipinski definition) is 4. The number of aromatic nitrogens is 2. The Bertz CT molecular complexity index is 1270. The van der Waals surface area contributed by atoms with Crippen molar-refractivity contribution in [3.8, 4) is 0 Å². The Hall–Kier alpha value is -2.90. The lowest BCUT2D eigenvalue weighted by Gasteiger charge is -2.38. The molecule has 0 spiro atoms. The van der Waals surface area contributed by atoms with Crippen LogP contribution in [0, 0.1) is 23.7 Å². The molecule has 2 aromatic rings. The molecule has 3 aliphatic carbocycles. The molecule has 8 heteroatoms. The molecule has 0 N–H and O–H groups in total. The number of carbonyl (C=O) groups is 2. The van der Waals surface area contributed by atoms with Gasteiger partial charge in [-0.25, -0.2) is 4.79 Å². The average molecular weight is 493 g/mol. The summed E-state index contributed by atoms with van der Waals surface area (Å²) in [5, 5.41) is 0.612. The molecular weight excluding hydrogens is 456 g/mol. The summed E-state index contributed by atoms with van der Waals surface area (Å²) < 4.78 is 3.25. The standard InChI is InChI=1S/C28H36N4O4/c33-25(29-13-15-30(16-14-29)26(34)22-11-12-22)21-9-7-20(8-10-21)18-32-27(35)23-3-1-2-4-24(23)31(28(32)36)17-19-5-6-19/h1-4,19-22H,5-18H2/t20-,21-. The van der Waals surface area contributed by atoms with Crippen molar-refractivity contribution in [2.45, 2.75) is 64.5 Å². The van der Waals surface area contributed by atoms with Crippen LogP contribution in [0.5, 0.6) is 0 Å². The van der Waals surface area contributed by atoms with E-state index in [1.54, 1.807) is 4.57 Å². The first-order chi connectivity index (χ1) is 17.5. The molecule has 2 amide bonds. The third-order valence-electron chi connectivity index (χ3n) is 8.74. The van der Waals surface area contributed by atoms with E-state index in [0.717, 1.165) is 56.9 Å². The third kappa shape index (κ3) is 4.62. The maximum atomic E-state index is 13.4. The van der Waals surface area contributed by atoms with Crippen molar-refractivity contribution >= 4 is 22.7 Å². The van der Waals surface area contributed by atoms with Gasteiger partial charge in [0.1, 0.15) is 0 Å². The first-order valence-electron chi connectivity index (χ1n) is 13.8. The molecule has 1 saturated heterocycles. The van der Waals surface area contributed by atoms with Gasteiger partial charge in [0.2, 0.25) is 11.8 Å². The minimum absolute atomic E-state index is 0.00628. The van der Waals surface area contributed by atoms with Crippen LogP contribution in [0.15, 0.2) is 33.9 Å². The van der Waals surface area contributed by atoms with Crippen LogP contribution in [0.1, 0.15) is 51.4 Å². The fourth-order valence-electron chi connectivity index (χ4n) is 6.11. The highest BCUT2D eigenvalue weighted by Crippen LogP contribution is 2.33. The second kappa shape index (κ2) is 9.52. The van der Waals surface area contributed by atoms with Gasteiger partial charge in [-0.05, 0) is 75.3 Å². The van der Waals surface area contributed by atoms with E-state index in [1.807, 2.05) is 34.1 Å². The van der Waals surface area contributed by atoms with E-state index in [-0.39, 0.29) is 40.8 Å². The number of fused-ring (bicyclic) bond motifs is 1. The Morgan fingerprint density at radius 2 is 1.14 bits per heavy atom. The Balaban J connectivity index is 1.09. The fourth-order valence-corrected chi connectivity index (χ4v) is 6.11. The molecule has 4 fully saturated rings. The van der Waals surface area contributed by atoms with E-state index in [0.29, 0.717) is 50.6 Å². The number of carbonyl (C=O) groups excluding carboxylic acids is 2. The number of nitrogens with zero attached hydrogens (tertiary/aromatic N) is 4. The summed E-state index contributed by atoms with van der Waals surface area (Å²) in [7, 11) is 0. The van der Waals surface area contributed by atoms with Crippen LogP contribution in [-0.4, -0.2) is 56.9 Å².